The number of carbonyl (C=O) groups excluding carboxylic acids is 1. The van der Waals surface area contributed by atoms with Crippen molar-refractivity contribution in [2.24, 2.45) is 0 Å². The number of hydrogen-bond donors (Lipinski definition) is 2. The first kappa shape index (κ1) is 17.5. The number of phenols is 1. The van der Waals surface area contributed by atoms with E-state index < -0.39 is 0 Å². The van der Waals surface area contributed by atoms with Gasteiger partial charge in [-0.05, 0) is 46.6 Å². The molecule has 118 valence electrons. The molecule has 0 saturated heterocycles. The van der Waals surface area contributed by atoms with Crippen molar-refractivity contribution in [3.05, 3.63) is 28.8 Å². The monoisotopic (exact) mass is 291 g/mol. The zero-order valence-corrected chi connectivity index (χ0v) is 14.6. The highest BCUT2D eigenvalue weighted by Crippen LogP contribution is 2.40. The van der Waals surface area contributed by atoms with Crippen molar-refractivity contribution in [2.75, 3.05) is 0 Å². The van der Waals surface area contributed by atoms with Crippen LogP contribution in [0.2, 0.25) is 0 Å². The molecule has 0 radical (unpaired) electrons. The molecule has 0 spiro atoms. The topological polar surface area (TPSA) is 49.3 Å². The van der Waals surface area contributed by atoms with Gasteiger partial charge in [-0.25, -0.2) is 0 Å². The quantitative estimate of drug-likeness (QED) is 0.858. The second-order valence-corrected chi connectivity index (χ2v) is 7.89. The van der Waals surface area contributed by atoms with Crippen LogP contribution >= 0.6 is 0 Å². The Hall–Kier alpha value is -1.51. The van der Waals surface area contributed by atoms with Gasteiger partial charge in [0.05, 0.1) is 6.04 Å². The minimum absolute atomic E-state index is 0.0507. The lowest BCUT2D eigenvalue weighted by Crippen LogP contribution is -2.25. The number of carbonyl (C=O) groups is 1. The molecule has 3 heteroatoms. The lowest BCUT2D eigenvalue weighted by Gasteiger charge is -2.29. The fourth-order valence-electron chi connectivity index (χ4n) is 2.44. The molecule has 0 aliphatic carbocycles. The predicted molar refractivity (Wildman–Crippen MR) is 87.7 cm³/mol. The van der Waals surface area contributed by atoms with E-state index in [1.165, 1.54) is 6.92 Å². The maximum Gasteiger partial charge on any atom is 0.217 e. The summed E-state index contributed by atoms with van der Waals surface area (Å²) in [6.07, 6.45) is 0. The van der Waals surface area contributed by atoms with Crippen LogP contribution in [-0.2, 0) is 15.6 Å². The molecule has 0 heterocycles. The summed E-state index contributed by atoms with van der Waals surface area (Å²) in [5.74, 6) is 0.318. The van der Waals surface area contributed by atoms with Gasteiger partial charge < -0.3 is 10.4 Å². The molecular formula is C18H29NO2. The highest BCUT2D eigenvalue weighted by atomic mass is 16.3. The number of benzene rings is 1. The summed E-state index contributed by atoms with van der Waals surface area (Å²) in [4.78, 5) is 11.3. The summed E-state index contributed by atoms with van der Waals surface area (Å²) in [6.45, 7) is 16.0. The average Bonchev–Trinajstić information content (AvgIpc) is 2.24. The summed E-state index contributed by atoms with van der Waals surface area (Å²) in [6, 6.07) is 3.93. The highest BCUT2D eigenvalue weighted by molar-refractivity contribution is 5.73. The molecule has 1 unspecified atom stereocenters. The molecule has 0 aliphatic heterocycles. The third kappa shape index (κ3) is 4.23. The third-order valence-electron chi connectivity index (χ3n) is 3.67. The molecular weight excluding hydrogens is 262 g/mol. The van der Waals surface area contributed by atoms with Crippen LogP contribution in [0.15, 0.2) is 12.1 Å². The van der Waals surface area contributed by atoms with Crippen molar-refractivity contribution in [2.45, 2.75) is 72.3 Å². The molecule has 0 aliphatic rings. The van der Waals surface area contributed by atoms with Crippen LogP contribution in [0.25, 0.3) is 0 Å². The van der Waals surface area contributed by atoms with E-state index in [-0.39, 0.29) is 22.8 Å². The van der Waals surface area contributed by atoms with Gasteiger partial charge >= 0.3 is 0 Å². The SMILES string of the molecule is CC(=O)NC(C)c1cc(C(C)(C)C)c(O)c(C(C)(C)C)c1. The Morgan fingerprint density at radius 2 is 1.43 bits per heavy atom. The molecule has 0 bridgehead atoms. The van der Waals surface area contributed by atoms with E-state index in [0.717, 1.165) is 16.7 Å². The van der Waals surface area contributed by atoms with Crippen LogP contribution in [0, 0.1) is 0 Å². The van der Waals surface area contributed by atoms with E-state index in [0.29, 0.717) is 5.75 Å². The summed E-state index contributed by atoms with van der Waals surface area (Å²) < 4.78 is 0. The van der Waals surface area contributed by atoms with E-state index >= 15 is 0 Å². The molecule has 2 N–H and O–H groups in total. The normalized spacial score (nSPS) is 13.9. The van der Waals surface area contributed by atoms with Crippen LogP contribution in [0.4, 0.5) is 0 Å². The van der Waals surface area contributed by atoms with E-state index in [9.17, 15) is 9.90 Å². The first-order valence-electron chi connectivity index (χ1n) is 7.49. The van der Waals surface area contributed by atoms with Crippen molar-refractivity contribution in [1.29, 1.82) is 0 Å². The van der Waals surface area contributed by atoms with Crippen molar-refractivity contribution >= 4 is 5.91 Å². The van der Waals surface area contributed by atoms with Crippen molar-refractivity contribution in [3.8, 4) is 5.75 Å². The molecule has 1 amide bonds. The summed E-state index contributed by atoms with van der Waals surface area (Å²) in [7, 11) is 0. The predicted octanol–water partition coefficient (Wildman–Crippen LogP) is 4.18. The first-order chi connectivity index (χ1) is 9.34. The maximum atomic E-state index is 11.3. The molecule has 1 aromatic carbocycles. The molecule has 1 aromatic rings. The minimum atomic E-state index is -0.157. The largest absolute Gasteiger partial charge is 0.507 e. The van der Waals surface area contributed by atoms with Gasteiger partial charge in [0.1, 0.15) is 5.75 Å². The lowest BCUT2D eigenvalue weighted by molar-refractivity contribution is -0.119. The number of hydrogen-bond acceptors (Lipinski definition) is 2. The van der Waals surface area contributed by atoms with Gasteiger partial charge in [-0.15, -0.1) is 0 Å². The van der Waals surface area contributed by atoms with Gasteiger partial charge in [0.2, 0.25) is 5.91 Å². The Bertz CT molecular complexity index is 498. The Kier molecular flexibility index (Phi) is 4.76. The van der Waals surface area contributed by atoms with Gasteiger partial charge in [-0.1, -0.05) is 41.5 Å². The molecule has 0 fully saturated rings. The molecule has 0 aromatic heterocycles. The van der Waals surface area contributed by atoms with Crippen molar-refractivity contribution < 1.29 is 9.90 Å². The standard InChI is InChI=1S/C18H29NO2/c1-11(19-12(2)20)13-9-14(17(3,4)5)16(21)15(10-13)18(6,7)8/h9-11,21H,1-8H3,(H,19,20). The van der Waals surface area contributed by atoms with Crippen LogP contribution in [0.3, 0.4) is 0 Å². The fraction of sp³-hybridized carbons (Fsp3) is 0.611. The molecule has 3 nitrogen and oxygen atoms in total. The number of aromatic hydroxyl groups is 1. The van der Waals surface area contributed by atoms with Crippen molar-refractivity contribution in [1.82, 2.24) is 5.32 Å². The smallest absolute Gasteiger partial charge is 0.217 e. The second kappa shape index (κ2) is 5.70. The van der Waals surface area contributed by atoms with E-state index in [2.05, 4.69) is 46.9 Å². The van der Waals surface area contributed by atoms with E-state index in [1.54, 1.807) is 0 Å². The van der Waals surface area contributed by atoms with Crippen LogP contribution in [0.1, 0.15) is 78.1 Å². The molecule has 21 heavy (non-hydrogen) atoms. The number of rotatable bonds is 2. The first-order valence-corrected chi connectivity index (χ1v) is 7.49. The average molecular weight is 291 g/mol. The summed E-state index contributed by atoms with van der Waals surface area (Å²) in [5.41, 5.74) is 2.55. The van der Waals surface area contributed by atoms with E-state index in [1.807, 2.05) is 19.1 Å². The lowest BCUT2D eigenvalue weighted by atomic mass is 9.78. The van der Waals surface area contributed by atoms with Crippen molar-refractivity contribution in [3.63, 3.8) is 0 Å². The van der Waals surface area contributed by atoms with Gasteiger partial charge in [-0.3, -0.25) is 4.79 Å². The fourth-order valence-corrected chi connectivity index (χ4v) is 2.44. The van der Waals surface area contributed by atoms with Gasteiger partial charge in [0.15, 0.2) is 0 Å². The minimum Gasteiger partial charge on any atom is -0.507 e. The molecule has 1 rings (SSSR count). The Morgan fingerprint density at radius 3 is 1.71 bits per heavy atom. The Labute approximate surface area is 128 Å². The summed E-state index contributed by atoms with van der Waals surface area (Å²) in [5, 5.41) is 13.6. The number of phenolic OH excluding ortho intramolecular Hbond substituents is 1. The highest BCUT2D eigenvalue weighted by Gasteiger charge is 2.27. The molecule has 0 saturated carbocycles. The van der Waals surface area contributed by atoms with Gasteiger partial charge in [0.25, 0.3) is 0 Å². The second-order valence-electron chi connectivity index (χ2n) is 7.89. The Morgan fingerprint density at radius 1 is 1.05 bits per heavy atom. The Balaban J connectivity index is 3.51. The number of amides is 1. The summed E-state index contributed by atoms with van der Waals surface area (Å²) >= 11 is 0. The van der Waals surface area contributed by atoms with Crippen LogP contribution < -0.4 is 5.32 Å². The van der Waals surface area contributed by atoms with Gasteiger partial charge in [-0.2, -0.15) is 0 Å². The molecule has 1 atom stereocenters. The van der Waals surface area contributed by atoms with Crippen LogP contribution in [0.5, 0.6) is 5.75 Å². The third-order valence-corrected chi connectivity index (χ3v) is 3.67. The van der Waals surface area contributed by atoms with E-state index in [4.69, 9.17) is 0 Å². The number of nitrogens with one attached hydrogen (secondary N) is 1. The maximum absolute atomic E-state index is 11.3. The van der Waals surface area contributed by atoms with Crippen LogP contribution in [-0.4, -0.2) is 11.0 Å². The zero-order chi connectivity index (χ0) is 16.6. The zero-order valence-electron chi connectivity index (χ0n) is 14.6. The van der Waals surface area contributed by atoms with Gasteiger partial charge in [0, 0.05) is 6.92 Å².